The van der Waals surface area contributed by atoms with Gasteiger partial charge in [-0.1, -0.05) is 5.57 Å². The molecule has 0 aromatic heterocycles. The van der Waals surface area contributed by atoms with E-state index in [1.165, 1.54) is 14.2 Å². The highest BCUT2D eigenvalue weighted by Crippen LogP contribution is 2.49. The third kappa shape index (κ3) is 2.83. The molecule has 0 spiro atoms. The molecule has 1 saturated carbocycles. The molecule has 0 unspecified atom stereocenters. The molecule has 6 heteroatoms. The van der Waals surface area contributed by atoms with Gasteiger partial charge in [-0.2, -0.15) is 0 Å². The Morgan fingerprint density at radius 1 is 1.00 bits per heavy atom. The summed E-state index contributed by atoms with van der Waals surface area (Å²) in [6.45, 7) is 4.67. The first-order valence-electron chi connectivity index (χ1n) is 7.54. The van der Waals surface area contributed by atoms with Crippen LogP contribution in [-0.4, -0.2) is 57.0 Å². The summed E-state index contributed by atoms with van der Waals surface area (Å²) in [6.07, 6.45) is 0.367. The first-order valence-corrected chi connectivity index (χ1v) is 7.54. The average Bonchev–Trinajstić information content (AvgIpc) is 2.93. The van der Waals surface area contributed by atoms with E-state index in [1.54, 1.807) is 6.92 Å². The summed E-state index contributed by atoms with van der Waals surface area (Å²) in [7, 11) is 4.40. The summed E-state index contributed by atoms with van der Waals surface area (Å²) in [5.41, 5.74) is 1.97. The lowest BCUT2D eigenvalue weighted by Crippen LogP contribution is -2.38. The molecule has 0 radical (unpaired) electrons. The SMILES string of the molecule is COC(=O)C1(C(=O)OC)CC2=C(C)CN(C)CC(=O)C(C)=C2C1. The molecule has 0 bridgehead atoms. The number of methoxy groups -OCH3 is 2. The van der Waals surface area contributed by atoms with Gasteiger partial charge in [-0.05, 0) is 44.0 Å². The number of carbonyl (C=O) groups excluding carboxylic acids is 3. The van der Waals surface area contributed by atoms with E-state index in [4.69, 9.17) is 9.47 Å². The van der Waals surface area contributed by atoms with Crippen LogP contribution >= 0.6 is 0 Å². The minimum atomic E-state index is -1.39. The van der Waals surface area contributed by atoms with E-state index < -0.39 is 17.4 Å². The normalized spacial score (nSPS) is 21.7. The van der Waals surface area contributed by atoms with Gasteiger partial charge in [0.2, 0.25) is 0 Å². The molecule has 1 aliphatic heterocycles. The summed E-state index contributed by atoms with van der Waals surface area (Å²) in [6, 6.07) is 0. The zero-order chi connectivity index (χ0) is 17.4. The molecule has 126 valence electrons. The number of hydrogen-bond acceptors (Lipinski definition) is 6. The highest BCUT2D eigenvalue weighted by Gasteiger charge is 2.55. The first kappa shape index (κ1) is 17.4. The molecule has 0 amide bonds. The fourth-order valence-electron chi connectivity index (χ4n) is 3.50. The van der Waals surface area contributed by atoms with Crippen LogP contribution in [0.2, 0.25) is 0 Å². The maximum absolute atomic E-state index is 12.4. The standard InChI is InChI=1S/C17H23NO5/c1-10-8-18(3)9-14(19)11(2)13-7-17(6-12(10)13,15(20)22-4)16(21)23-5/h6-9H2,1-5H3. The van der Waals surface area contributed by atoms with Crippen molar-refractivity contribution in [3.63, 3.8) is 0 Å². The van der Waals surface area contributed by atoms with Crippen molar-refractivity contribution in [3.8, 4) is 0 Å². The number of allylic oxidation sites excluding steroid dienone is 2. The van der Waals surface area contributed by atoms with Crippen LogP contribution in [0.25, 0.3) is 0 Å². The van der Waals surface area contributed by atoms with E-state index >= 15 is 0 Å². The van der Waals surface area contributed by atoms with Crippen LogP contribution in [-0.2, 0) is 23.9 Å². The van der Waals surface area contributed by atoms with Gasteiger partial charge in [-0.3, -0.25) is 19.3 Å². The van der Waals surface area contributed by atoms with Gasteiger partial charge in [0.15, 0.2) is 11.2 Å². The minimum absolute atomic E-state index is 0.0121. The van der Waals surface area contributed by atoms with Gasteiger partial charge in [-0.25, -0.2) is 0 Å². The predicted molar refractivity (Wildman–Crippen MR) is 83.6 cm³/mol. The van der Waals surface area contributed by atoms with Crippen molar-refractivity contribution in [1.82, 2.24) is 4.90 Å². The van der Waals surface area contributed by atoms with Gasteiger partial charge in [0.1, 0.15) is 0 Å². The lowest BCUT2D eigenvalue weighted by Gasteiger charge is -2.22. The largest absolute Gasteiger partial charge is 0.468 e. The number of rotatable bonds is 2. The van der Waals surface area contributed by atoms with E-state index in [0.717, 1.165) is 16.7 Å². The number of Topliss-reactive ketones (excluding diaryl/α,β-unsaturated/α-hetero) is 1. The van der Waals surface area contributed by atoms with Gasteiger partial charge < -0.3 is 9.47 Å². The van der Waals surface area contributed by atoms with Gasteiger partial charge in [0.05, 0.1) is 20.8 Å². The van der Waals surface area contributed by atoms with Crippen LogP contribution in [0, 0.1) is 5.41 Å². The second kappa shape index (κ2) is 6.28. The quantitative estimate of drug-likeness (QED) is 0.563. The topological polar surface area (TPSA) is 72.9 Å². The first-order chi connectivity index (χ1) is 10.8. The number of ketones is 1. The van der Waals surface area contributed by atoms with Gasteiger partial charge in [0, 0.05) is 13.0 Å². The van der Waals surface area contributed by atoms with Crippen molar-refractivity contribution in [2.75, 3.05) is 34.4 Å². The lowest BCUT2D eigenvalue weighted by atomic mass is 9.85. The smallest absolute Gasteiger partial charge is 0.323 e. The summed E-state index contributed by atoms with van der Waals surface area (Å²) >= 11 is 0. The van der Waals surface area contributed by atoms with E-state index in [9.17, 15) is 14.4 Å². The Kier molecular flexibility index (Phi) is 4.75. The lowest BCUT2D eigenvalue weighted by molar-refractivity contribution is -0.168. The number of ether oxygens (including phenoxy) is 2. The Morgan fingerprint density at radius 3 is 2.04 bits per heavy atom. The molecule has 0 N–H and O–H groups in total. The third-order valence-electron chi connectivity index (χ3n) is 4.78. The molecule has 2 rings (SSSR count). The molecule has 1 fully saturated rings. The second-order valence-electron chi connectivity index (χ2n) is 6.38. The van der Waals surface area contributed by atoms with E-state index in [-0.39, 0.29) is 18.6 Å². The third-order valence-corrected chi connectivity index (χ3v) is 4.78. The fraction of sp³-hybridized carbons (Fsp3) is 0.588. The number of fused-ring (bicyclic) bond motifs is 1. The number of likely N-dealkylation sites (N-methyl/N-ethyl adjacent to an activating group) is 1. The van der Waals surface area contributed by atoms with Crippen molar-refractivity contribution in [1.29, 1.82) is 0 Å². The van der Waals surface area contributed by atoms with Crippen LogP contribution in [0.5, 0.6) is 0 Å². The highest BCUT2D eigenvalue weighted by atomic mass is 16.5. The van der Waals surface area contributed by atoms with E-state index in [1.807, 2.05) is 18.9 Å². The second-order valence-corrected chi connectivity index (χ2v) is 6.38. The molecule has 1 aliphatic carbocycles. The molecule has 0 saturated heterocycles. The summed E-state index contributed by atoms with van der Waals surface area (Å²) in [4.78, 5) is 39.0. The Balaban J connectivity index is 2.63. The maximum atomic E-state index is 12.4. The summed E-state index contributed by atoms with van der Waals surface area (Å²) in [5, 5.41) is 0. The van der Waals surface area contributed by atoms with Crippen molar-refractivity contribution in [2.24, 2.45) is 5.41 Å². The molecule has 23 heavy (non-hydrogen) atoms. The number of carbonyl (C=O) groups is 3. The Hall–Kier alpha value is -1.95. The van der Waals surface area contributed by atoms with E-state index in [2.05, 4.69) is 0 Å². The molecule has 0 aromatic rings. The minimum Gasteiger partial charge on any atom is -0.468 e. The molecule has 0 aromatic carbocycles. The summed E-state index contributed by atoms with van der Waals surface area (Å²) < 4.78 is 9.73. The predicted octanol–water partition coefficient (Wildman–Crippen LogP) is 1.26. The molecule has 1 heterocycles. The molecule has 6 nitrogen and oxygen atoms in total. The number of nitrogens with zero attached hydrogens (tertiary/aromatic N) is 1. The molecular weight excluding hydrogens is 298 g/mol. The zero-order valence-electron chi connectivity index (χ0n) is 14.3. The van der Waals surface area contributed by atoms with E-state index in [0.29, 0.717) is 18.7 Å². The van der Waals surface area contributed by atoms with Crippen molar-refractivity contribution in [3.05, 3.63) is 22.3 Å². The zero-order valence-corrected chi connectivity index (χ0v) is 14.3. The number of esters is 2. The number of hydrogen-bond donors (Lipinski definition) is 0. The Morgan fingerprint density at radius 2 is 1.52 bits per heavy atom. The summed E-state index contributed by atoms with van der Waals surface area (Å²) in [5.74, 6) is -1.21. The van der Waals surface area contributed by atoms with Crippen molar-refractivity contribution < 1.29 is 23.9 Å². The monoisotopic (exact) mass is 321 g/mol. The highest BCUT2D eigenvalue weighted by molar-refractivity contribution is 6.04. The Labute approximate surface area is 136 Å². The fourth-order valence-corrected chi connectivity index (χ4v) is 3.50. The molecule has 2 aliphatic rings. The Bertz CT molecular complexity index is 613. The van der Waals surface area contributed by atoms with Gasteiger partial charge >= 0.3 is 11.9 Å². The van der Waals surface area contributed by atoms with Gasteiger partial charge in [0.25, 0.3) is 0 Å². The maximum Gasteiger partial charge on any atom is 0.323 e. The van der Waals surface area contributed by atoms with Crippen LogP contribution in [0.1, 0.15) is 26.7 Å². The molecule has 0 atom stereocenters. The van der Waals surface area contributed by atoms with Crippen LogP contribution in [0.15, 0.2) is 22.3 Å². The van der Waals surface area contributed by atoms with Crippen LogP contribution < -0.4 is 0 Å². The van der Waals surface area contributed by atoms with Crippen LogP contribution in [0.3, 0.4) is 0 Å². The van der Waals surface area contributed by atoms with Gasteiger partial charge in [-0.15, -0.1) is 0 Å². The molecular formula is C17H23NO5. The van der Waals surface area contributed by atoms with Crippen molar-refractivity contribution in [2.45, 2.75) is 26.7 Å². The van der Waals surface area contributed by atoms with Crippen molar-refractivity contribution >= 4 is 17.7 Å². The average molecular weight is 321 g/mol. The van der Waals surface area contributed by atoms with Crippen LogP contribution in [0.4, 0.5) is 0 Å².